The molecule has 0 amide bonds. The van der Waals surface area contributed by atoms with E-state index < -0.39 is 0 Å². The Hall–Kier alpha value is -7.24. The lowest BCUT2D eigenvalue weighted by atomic mass is 9.97. The average molecular weight is 679 g/mol. The Kier molecular flexibility index (Phi) is 6.48. The minimum Gasteiger partial charge on any atom is -0.436 e. The Labute approximate surface area is 304 Å². The van der Waals surface area contributed by atoms with Crippen molar-refractivity contribution in [3.05, 3.63) is 182 Å². The second kappa shape index (κ2) is 11.7. The number of benzene rings is 8. The number of para-hydroxylation sites is 5. The van der Waals surface area contributed by atoms with E-state index in [0.29, 0.717) is 5.89 Å². The summed E-state index contributed by atoms with van der Waals surface area (Å²) in [7, 11) is 0. The molecule has 0 aliphatic carbocycles. The first-order valence-corrected chi connectivity index (χ1v) is 17.8. The topological polar surface area (TPSA) is 48.8 Å². The SMILES string of the molecule is c1ccc(-c2ccc(-n3c4ccc(-c5nc6ccccc6o5)cc4c4cc(-c5nc6ccccc6n5-c5ccccc5)ccc43)c3ccccc23)cc1. The van der Waals surface area contributed by atoms with Gasteiger partial charge < -0.3 is 8.98 Å². The monoisotopic (exact) mass is 678 g/mol. The summed E-state index contributed by atoms with van der Waals surface area (Å²) in [6.07, 6.45) is 0. The Morgan fingerprint density at radius 1 is 0.396 bits per heavy atom. The van der Waals surface area contributed by atoms with Crippen molar-refractivity contribution in [3.8, 4) is 45.3 Å². The van der Waals surface area contributed by atoms with Gasteiger partial charge in [-0.2, -0.15) is 0 Å². The van der Waals surface area contributed by atoms with E-state index >= 15 is 0 Å². The Morgan fingerprint density at radius 3 is 1.83 bits per heavy atom. The first-order chi connectivity index (χ1) is 26.3. The molecule has 0 unspecified atom stereocenters. The predicted octanol–water partition coefficient (Wildman–Crippen LogP) is 12.4. The van der Waals surface area contributed by atoms with Gasteiger partial charge in [-0.05, 0) is 95.4 Å². The molecule has 53 heavy (non-hydrogen) atoms. The number of hydrogen-bond donors (Lipinski definition) is 0. The van der Waals surface area contributed by atoms with Gasteiger partial charge in [-0.15, -0.1) is 0 Å². The van der Waals surface area contributed by atoms with Crippen molar-refractivity contribution in [2.75, 3.05) is 0 Å². The minimum atomic E-state index is 0.605. The van der Waals surface area contributed by atoms with Crippen LogP contribution in [0.4, 0.5) is 0 Å². The molecule has 0 atom stereocenters. The lowest BCUT2D eigenvalue weighted by Gasteiger charge is -2.15. The highest BCUT2D eigenvalue weighted by Gasteiger charge is 2.21. The van der Waals surface area contributed by atoms with Crippen molar-refractivity contribution in [1.82, 2.24) is 19.1 Å². The highest BCUT2D eigenvalue weighted by Crippen LogP contribution is 2.41. The highest BCUT2D eigenvalue weighted by molar-refractivity contribution is 6.13. The molecule has 5 nitrogen and oxygen atoms in total. The third kappa shape index (κ3) is 4.64. The predicted molar refractivity (Wildman–Crippen MR) is 217 cm³/mol. The van der Waals surface area contributed by atoms with Crippen molar-refractivity contribution in [1.29, 1.82) is 0 Å². The molecule has 0 bridgehead atoms. The molecule has 3 aromatic heterocycles. The van der Waals surface area contributed by atoms with Crippen LogP contribution >= 0.6 is 0 Å². The van der Waals surface area contributed by atoms with Crippen molar-refractivity contribution in [3.63, 3.8) is 0 Å². The number of rotatable bonds is 5. The lowest BCUT2D eigenvalue weighted by molar-refractivity contribution is 0.620. The van der Waals surface area contributed by atoms with Crippen molar-refractivity contribution in [2.45, 2.75) is 0 Å². The van der Waals surface area contributed by atoms with E-state index in [1.165, 1.54) is 21.9 Å². The van der Waals surface area contributed by atoms with E-state index in [2.05, 4.69) is 155 Å². The zero-order chi connectivity index (χ0) is 34.9. The molecular weight excluding hydrogens is 649 g/mol. The second-order valence-electron chi connectivity index (χ2n) is 13.4. The van der Waals surface area contributed by atoms with Gasteiger partial charge in [0.2, 0.25) is 5.89 Å². The first kappa shape index (κ1) is 29.5. The zero-order valence-electron chi connectivity index (χ0n) is 28.5. The molecule has 248 valence electrons. The van der Waals surface area contributed by atoms with Crippen LogP contribution in [0.2, 0.25) is 0 Å². The van der Waals surface area contributed by atoms with Gasteiger partial charge in [0.25, 0.3) is 0 Å². The number of fused-ring (bicyclic) bond motifs is 6. The Morgan fingerprint density at radius 2 is 1.04 bits per heavy atom. The van der Waals surface area contributed by atoms with E-state index in [1.54, 1.807) is 0 Å². The number of hydrogen-bond acceptors (Lipinski definition) is 3. The third-order valence-electron chi connectivity index (χ3n) is 10.4. The molecule has 0 saturated heterocycles. The molecule has 0 N–H and O–H groups in total. The molecule has 5 heteroatoms. The van der Waals surface area contributed by atoms with Crippen molar-refractivity contribution >= 4 is 54.7 Å². The number of nitrogens with zero attached hydrogens (tertiary/aromatic N) is 4. The fourth-order valence-electron chi connectivity index (χ4n) is 7.96. The standard InChI is InChI=1S/C48H30N4O/c1-3-13-31(14-4-1)35-25-28-42(37-18-8-7-17-36(35)37)52-43-26-23-32(47-49-40-19-9-11-21-45(40)51(47)34-15-5-2-6-16-34)29-38(43)39-30-33(24-27-44(39)52)48-50-41-20-10-12-22-46(41)53-48/h1-30H. The fourth-order valence-corrected chi connectivity index (χ4v) is 7.96. The fraction of sp³-hybridized carbons (Fsp3) is 0. The van der Waals surface area contributed by atoms with E-state index in [-0.39, 0.29) is 0 Å². The summed E-state index contributed by atoms with van der Waals surface area (Å²) >= 11 is 0. The van der Waals surface area contributed by atoms with Crippen molar-refractivity contribution in [2.24, 2.45) is 0 Å². The maximum absolute atomic E-state index is 6.28. The van der Waals surface area contributed by atoms with Crippen LogP contribution in [0.25, 0.3) is 100 Å². The maximum Gasteiger partial charge on any atom is 0.227 e. The molecule has 0 saturated carbocycles. The minimum absolute atomic E-state index is 0.605. The van der Waals surface area contributed by atoms with E-state index in [0.717, 1.165) is 72.3 Å². The van der Waals surface area contributed by atoms with Gasteiger partial charge in [0.1, 0.15) is 11.3 Å². The lowest BCUT2D eigenvalue weighted by Crippen LogP contribution is -1.98. The number of oxazole rings is 1. The van der Waals surface area contributed by atoms with Gasteiger partial charge in [0.15, 0.2) is 5.58 Å². The summed E-state index contributed by atoms with van der Waals surface area (Å²) in [5, 5.41) is 4.63. The average Bonchev–Trinajstić information content (AvgIpc) is 3.93. The van der Waals surface area contributed by atoms with E-state index in [9.17, 15) is 0 Å². The second-order valence-corrected chi connectivity index (χ2v) is 13.4. The molecule has 0 aliphatic rings. The van der Waals surface area contributed by atoms with Gasteiger partial charge in [0, 0.05) is 33.0 Å². The number of imidazole rings is 1. The van der Waals surface area contributed by atoms with Crippen molar-refractivity contribution < 1.29 is 4.42 Å². The molecule has 8 aromatic carbocycles. The van der Waals surface area contributed by atoms with Gasteiger partial charge in [-0.1, -0.05) is 103 Å². The Bertz CT molecular complexity index is 3140. The molecule has 0 fully saturated rings. The summed E-state index contributed by atoms with van der Waals surface area (Å²) in [6, 6.07) is 63.9. The quantitative estimate of drug-likeness (QED) is 0.182. The molecule has 11 rings (SSSR count). The largest absolute Gasteiger partial charge is 0.436 e. The molecule has 0 radical (unpaired) electrons. The van der Waals surface area contributed by atoms with Gasteiger partial charge in [-0.3, -0.25) is 4.57 Å². The molecule has 11 aromatic rings. The smallest absolute Gasteiger partial charge is 0.227 e. The van der Waals surface area contributed by atoms with Crippen LogP contribution in [0, 0.1) is 0 Å². The Balaban J connectivity index is 1.19. The molecular formula is C48H30N4O. The van der Waals surface area contributed by atoms with Gasteiger partial charge in [0.05, 0.1) is 27.8 Å². The normalized spacial score (nSPS) is 11.8. The summed E-state index contributed by atoms with van der Waals surface area (Å²) in [5.41, 5.74) is 12.4. The number of aromatic nitrogens is 4. The summed E-state index contributed by atoms with van der Waals surface area (Å²) < 4.78 is 10.9. The molecule has 0 spiro atoms. The highest BCUT2D eigenvalue weighted by atomic mass is 16.3. The summed E-state index contributed by atoms with van der Waals surface area (Å²) in [5.74, 6) is 1.50. The van der Waals surface area contributed by atoms with Crippen LogP contribution in [-0.4, -0.2) is 19.1 Å². The summed E-state index contributed by atoms with van der Waals surface area (Å²) in [6.45, 7) is 0. The van der Waals surface area contributed by atoms with E-state index in [4.69, 9.17) is 14.4 Å². The van der Waals surface area contributed by atoms with Crippen LogP contribution in [-0.2, 0) is 0 Å². The maximum atomic E-state index is 6.28. The zero-order valence-corrected chi connectivity index (χ0v) is 28.5. The van der Waals surface area contributed by atoms with Crippen LogP contribution in [0.3, 0.4) is 0 Å². The van der Waals surface area contributed by atoms with Gasteiger partial charge >= 0.3 is 0 Å². The van der Waals surface area contributed by atoms with Crippen LogP contribution in [0.5, 0.6) is 0 Å². The summed E-state index contributed by atoms with van der Waals surface area (Å²) in [4.78, 5) is 10.1. The molecule has 0 aliphatic heterocycles. The third-order valence-corrected chi connectivity index (χ3v) is 10.4. The van der Waals surface area contributed by atoms with Crippen LogP contribution in [0.1, 0.15) is 0 Å². The van der Waals surface area contributed by atoms with Gasteiger partial charge in [-0.25, -0.2) is 9.97 Å². The van der Waals surface area contributed by atoms with E-state index in [1.807, 2.05) is 36.4 Å². The van der Waals surface area contributed by atoms with Crippen LogP contribution < -0.4 is 0 Å². The van der Waals surface area contributed by atoms with Crippen LogP contribution in [0.15, 0.2) is 186 Å². The molecule has 3 heterocycles. The first-order valence-electron chi connectivity index (χ1n) is 17.8.